The maximum Gasteiger partial charge on any atom is 0.112 e. The molecule has 0 N–H and O–H groups in total. The first-order valence-corrected chi connectivity index (χ1v) is 5.11. The molecule has 0 spiro atoms. The summed E-state index contributed by atoms with van der Waals surface area (Å²) in [5.41, 5.74) is 0. The molecule has 2 fully saturated rings. The molecule has 0 saturated carbocycles. The van der Waals surface area contributed by atoms with Gasteiger partial charge >= 0.3 is 0 Å². The van der Waals surface area contributed by atoms with Gasteiger partial charge in [-0.25, -0.2) is 0 Å². The van der Waals surface area contributed by atoms with Crippen LogP contribution in [-0.2, 0) is 4.74 Å². The van der Waals surface area contributed by atoms with E-state index in [1.807, 2.05) is 0 Å². The third kappa shape index (κ3) is 2.37. The number of ether oxygens (including phenoxy) is 1. The highest BCUT2D eigenvalue weighted by atomic mass is 16.5. The Labute approximate surface area is 80.0 Å². The van der Waals surface area contributed by atoms with Crippen LogP contribution in [0.25, 0.3) is 0 Å². The molecule has 0 atom stereocenters. The normalized spacial score (nSPS) is 28.1. The fraction of sp³-hybridized carbons (Fsp3) is 0.800. The standard InChI is InChI=1S/C10H18N2O/c1-11-4-6-12(7-5-11)9-10-3-2-8-13-10/h9H,2-8H2,1H3/b10-9+. The number of piperazine rings is 1. The van der Waals surface area contributed by atoms with Crippen molar-refractivity contribution in [2.24, 2.45) is 0 Å². The summed E-state index contributed by atoms with van der Waals surface area (Å²) in [6.07, 6.45) is 4.53. The van der Waals surface area contributed by atoms with Crippen molar-refractivity contribution in [1.29, 1.82) is 0 Å². The number of allylic oxidation sites excluding steroid dienone is 1. The predicted molar refractivity (Wildman–Crippen MR) is 52.3 cm³/mol. The van der Waals surface area contributed by atoms with Crippen LogP contribution in [0.4, 0.5) is 0 Å². The van der Waals surface area contributed by atoms with Crippen LogP contribution in [0, 0.1) is 0 Å². The summed E-state index contributed by atoms with van der Waals surface area (Å²) in [5, 5.41) is 0. The Morgan fingerprint density at radius 3 is 2.62 bits per heavy atom. The van der Waals surface area contributed by atoms with Gasteiger partial charge in [-0.2, -0.15) is 0 Å². The molecule has 0 amide bonds. The summed E-state index contributed by atoms with van der Waals surface area (Å²) in [7, 11) is 2.18. The van der Waals surface area contributed by atoms with E-state index in [4.69, 9.17) is 4.74 Å². The van der Waals surface area contributed by atoms with Crippen LogP contribution >= 0.6 is 0 Å². The summed E-state index contributed by atoms with van der Waals surface area (Å²) < 4.78 is 5.49. The zero-order valence-electron chi connectivity index (χ0n) is 8.33. The van der Waals surface area contributed by atoms with E-state index in [9.17, 15) is 0 Å². The third-order valence-corrected chi connectivity index (χ3v) is 2.72. The van der Waals surface area contributed by atoms with Gasteiger partial charge in [-0.3, -0.25) is 0 Å². The molecular formula is C10H18N2O. The van der Waals surface area contributed by atoms with E-state index in [0.29, 0.717) is 0 Å². The summed E-state index contributed by atoms with van der Waals surface area (Å²) in [6, 6.07) is 0. The highest BCUT2D eigenvalue weighted by molar-refractivity contribution is 4.97. The molecule has 0 unspecified atom stereocenters. The first-order valence-electron chi connectivity index (χ1n) is 5.11. The minimum atomic E-state index is 0.916. The maximum atomic E-state index is 5.49. The van der Waals surface area contributed by atoms with Crippen molar-refractivity contribution in [1.82, 2.24) is 9.80 Å². The lowest BCUT2D eigenvalue weighted by Gasteiger charge is -2.31. The zero-order valence-corrected chi connectivity index (χ0v) is 8.33. The summed E-state index contributed by atoms with van der Waals surface area (Å²) in [5.74, 6) is 1.18. The molecular weight excluding hydrogens is 164 g/mol. The van der Waals surface area contributed by atoms with Gasteiger partial charge in [-0.05, 0) is 13.5 Å². The summed E-state index contributed by atoms with van der Waals surface area (Å²) in [6.45, 7) is 5.54. The number of likely N-dealkylation sites (N-methyl/N-ethyl adjacent to an activating group) is 1. The molecule has 2 saturated heterocycles. The van der Waals surface area contributed by atoms with Crippen molar-refractivity contribution in [3.8, 4) is 0 Å². The zero-order chi connectivity index (χ0) is 9.10. The van der Waals surface area contributed by atoms with Crippen LogP contribution in [0.3, 0.4) is 0 Å². The largest absolute Gasteiger partial charge is 0.496 e. The van der Waals surface area contributed by atoms with Gasteiger partial charge in [0.05, 0.1) is 6.61 Å². The van der Waals surface area contributed by atoms with Crippen LogP contribution < -0.4 is 0 Å². The minimum absolute atomic E-state index is 0.916. The van der Waals surface area contributed by atoms with Gasteiger partial charge in [0, 0.05) is 38.8 Å². The highest BCUT2D eigenvalue weighted by Gasteiger charge is 2.13. The Morgan fingerprint density at radius 2 is 2.00 bits per heavy atom. The second-order valence-corrected chi connectivity index (χ2v) is 3.89. The SMILES string of the molecule is CN1CCN(/C=C2\CCCO2)CC1. The molecule has 2 rings (SSSR count). The van der Waals surface area contributed by atoms with Crippen molar-refractivity contribution in [3.05, 3.63) is 12.0 Å². The molecule has 3 heteroatoms. The van der Waals surface area contributed by atoms with E-state index < -0.39 is 0 Å². The van der Waals surface area contributed by atoms with Crippen LogP contribution in [0.1, 0.15) is 12.8 Å². The van der Waals surface area contributed by atoms with Gasteiger partial charge in [0.1, 0.15) is 5.76 Å². The molecule has 0 aliphatic carbocycles. The van der Waals surface area contributed by atoms with Gasteiger partial charge in [-0.1, -0.05) is 0 Å². The predicted octanol–water partition coefficient (Wildman–Crippen LogP) is 0.886. The van der Waals surface area contributed by atoms with E-state index >= 15 is 0 Å². The van der Waals surface area contributed by atoms with Crippen LogP contribution in [-0.4, -0.2) is 49.6 Å². The average Bonchev–Trinajstić information content (AvgIpc) is 2.62. The number of hydrogen-bond acceptors (Lipinski definition) is 3. The lowest BCUT2D eigenvalue weighted by molar-refractivity contribution is 0.186. The quantitative estimate of drug-likeness (QED) is 0.599. The fourth-order valence-corrected chi connectivity index (χ4v) is 1.78. The Balaban J connectivity index is 1.84. The van der Waals surface area contributed by atoms with Crippen LogP contribution in [0.5, 0.6) is 0 Å². The molecule has 74 valence electrons. The summed E-state index contributed by atoms with van der Waals surface area (Å²) in [4.78, 5) is 4.74. The second-order valence-electron chi connectivity index (χ2n) is 3.89. The number of rotatable bonds is 1. The van der Waals surface area contributed by atoms with Gasteiger partial charge in [0.25, 0.3) is 0 Å². The van der Waals surface area contributed by atoms with Gasteiger partial charge < -0.3 is 14.5 Å². The first-order chi connectivity index (χ1) is 6.34. The highest BCUT2D eigenvalue weighted by Crippen LogP contribution is 2.16. The molecule has 0 aromatic rings. The monoisotopic (exact) mass is 182 g/mol. The molecule has 13 heavy (non-hydrogen) atoms. The Bertz CT molecular complexity index is 187. The van der Waals surface area contributed by atoms with E-state index in [0.717, 1.165) is 26.1 Å². The molecule has 0 aromatic carbocycles. The summed E-state index contributed by atoms with van der Waals surface area (Å²) >= 11 is 0. The number of hydrogen-bond donors (Lipinski definition) is 0. The lowest BCUT2D eigenvalue weighted by atomic mass is 10.3. The topological polar surface area (TPSA) is 15.7 Å². The Morgan fingerprint density at radius 1 is 1.23 bits per heavy atom. The minimum Gasteiger partial charge on any atom is -0.496 e. The second kappa shape index (κ2) is 4.01. The van der Waals surface area contributed by atoms with Crippen molar-refractivity contribution in [3.63, 3.8) is 0 Å². The lowest BCUT2D eigenvalue weighted by Crippen LogP contribution is -2.41. The number of nitrogens with zero attached hydrogens (tertiary/aromatic N) is 2. The van der Waals surface area contributed by atoms with E-state index in [2.05, 4.69) is 23.0 Å². The van der Waals surface area contributed by atoms with Crippen LogP contribution in [0.15, 0.2) is 12.0 Å². The molecule has 2 aliphatic heterocycles. The van der Waals surface area contributed by atoms with Gasteiger partial charge in [-0.15, -0.1) is 0 Å². The van der Waals surface area contributed by atoms with Gasteiger partial charge in [0.2, 0.25) is 0 Å². The third-order valence-electron chi connectivity index (χ3n) is 2.72. The molecule has 3 nitrogen and oxygen atoms in total. The smallest absolute Gasteiger partial charge is 0.112 e. The fourth-order valence-electron chi connectivity index (χ4n) is 1.78. The first kappa shape index (κ1) is 8.88. The van der Waals surface area contributed by atoms with Crippen molar-refractivity contribution >= 4 is 0 Å². The van der Waals surface area contributed by atoms with Gasteiger partial charge in [0.15, 0.2) is 0 Å². The van der Waals surface area contributed by atoms with Crippen molar-refractivity contribution in [2.45, 2.75) is 12.8 Å². The van der Waals surface area contributed by atoms with Crippen LogP contribution in [0.2, 0.25) is 0 Å². The maximum absolute atomic E-state index is 5.49. The molecule has 2 aliphatic rings. The van der Waals surface area contributed by atoms with E-state index in [1.54, 1.807) is 0 Å². The van der Waals surface area contributed by atoms with Crippen molar-refractivity contribution < 1.29 is 4.74 Å². The molecule has 0 bridgehead atoms. The average molecular weight is 182 g/mol. The molecule has 0 radical (unpaired) electrons. The Kier molecular flexibility index (Phi) is 2.74. The Hall–Kier alpha value is -0.700. The molecule has 0 aromatic heterocycles. The van der Waals surface area contributed by atoms with Crippen molar-refractivity contribution in [2.75, 3.05) is 39.8 Å². The molecule has 2 heterocycles. The van der Waals surface area contributed by atoms with E-state index in [-0.39, 0.29) is 0 Å². The van der Waals surface area contributed by atoms with E-state index in [1.165, 1.54) is 25.3 Å².